The third-order valence-corrected chi connectivity index (χ3v) is 14.1. The van der Waals surface area contributed by atoms with Crippen LogP contribution in [0.25, 0.3) is 128 Å². The van der Waals surface area contributed by atoms with E-state index in [0.29, 0.717) is 0 Å². The van der Waals surface area contributed by atoms with Gasteiger partial charge in [0, 0.05) is 81.3 Å². The van der Waals surface area contributed by atoms with Crippen LogP contribution in [0.3, 0.4) is 0 Å². The molecule has 0 saturated carbocycles. The summed E-state index contributed by atoms with van der Waals surface area (Å²) in [6, 6.07) is 46.1. The lowest BCUT2D eigenvalue weighted by molar-refractivity contribution is 1.30. The number of thiophene rings is 2. The molecule has 0 N–H and O–H groups in total. The lowest BCUT2D eigenvalue weighted by atomic mass is 10.0. The molecule has 0 radical (unpaired) electrons. The number of hydrogen-bond donors (Lipinski definition) is 0. The van der Waals surface area contributed by atoms with Gasteiger partial charge in [-0.3, -0.25) is 18.8 Å². The van der Waals surface area contributed by atoms with Crippen molar-refractivity contribution in [2.45, 2.75) is 0 Å². The number of fused-ring (bicyclic) bond motifs is 23. The summed E-state index contributed by atoms with van der Waals surface area (Å²) in [6.45, 7) is 0. The number of pyridine rings is 4. The zero-order chi connectivity index (χ0) is 36.2. The second-order valence-electron chi connectivity index (χ2n) is 14.7. The minimum absolute atomic E-state index is 0.908. The molecule has 0 atom stereocenters. The highest BCUT2D eigenvalue weighted by Gasteiger charge is 2.21. The summed E-state index contributed by atoms with van der Waals surface area (Å²) in [6.07, 6.45) is 5.86. The van der Waals surface area contributed by atoms with Gasteiger partial charge in [-0.05, 0) is 71.4 Å². The molecule has 8 aromatic heterocycles. The van der Waals surface area contributed by atoms with Crippen LogP contribution in [0.5, 0.6) is 0 Å². The predicted octanol–water partition coefficient (Wildman–Crippen LogP) is 13.1. The molecule has 0 unspecified atom stereocenters. The second kappa shape index (κ2) is 10.4. The van der Waals surface area contributed by atoms with Gasteiger partial charge in [0.1, 0.15) is 11.3 Å². The zero-order valence-electron chi connectivity index (χ0n) is 29.4. The third kappa shape index (κ3) is 3.70. The summed E-state index contributed by atoms with van der Waals surface area (Å²) < 4.78 is 9.81. The maximum atomic E-state index is 5.25. The molecular weight excluding hydrogens is 725 g/mol. The van der Waals surface area contributed by atoms with Crippen LogP contribution in [0.1, 0.15) is 0 Å². The molecule has 6 aromatic carbocycles. The molecule has 0 aliphatic rings. The predicted molar refractivity (Wildman–Crippen MR) is 236 cm³/mol. The van der Waals surface area contributed by atoms with Gasteiger partial charge >= 0.3 is 0 Å². The molecule has 56 heavy (non-hydrogen) atoms. The molecule has 0 aliphatic heterocycles. The van der Waals surface area contributed by atoms with Crippen molar-refractivity contribution in [2.24, 2.45) is 0 Å². The Morgan fingerprint density at radius 2 is 1.18 bits per heavy atom. The standard InChI is InChI=1S/C48H24N6S2/c1-6-12-43-27(7-1)30-15-14-29-31-20-38(50-24-35(31)48-51-36-9-3-4-10-39(36)54(48)45(29)46(30)56-43)25-13-16-37-41(19-25)53-40-21-33-28-8-2-5-11-42(28)55-44(33)22-32(40)26-17-18-49-23-34(26)47(53)52-37/h1-24H. The molecule has 8 heterocycles. The molecule has 14 aromatic rings. The molecule has 6 nitrogen and oxygen atoms in total. The smallest absolute Gasteiger partial charge is 0.147 e. The highest BCUT2D eigenvalue weighted by atomic mass is 32.1. The Labute approximate surface area is 324 Å². The summed E-state index contributed by atoms with van der Waals surface area (Å²) >= 11 is 3.70. The van der Waals surface area contributed by atoms with E-state index in [-0.39, 0.29) is 0 Å². The molecule has 0 bridgehead atoms. The maximum absolute atomic E-state index is 5.25. The lowest BCUT2D eigenvalue weighted by Crippen LogP contribution is -1.94. The van der Waals surface area contributed by atoms with Crippen LogP contribution >= 0.6 is 22.7 Å². The average molecular weight is 749 g/mol. The monoisotopic (exact) mass is 748 g/mol. The Hall–Kier alpha value is -7.00. The van der Waals surface area contributed by atoms with Gasteiger partial charge in [0.15, 0.2) is 0 Å². The summed E-state index contributed by atoms with van der Waals surface area (Å²) in [5, 5.41) is 11.8. The van der Waals surface area contributed by atoms with Gasteiger partial charge in [-0.2, -0.15) is 0 Å². The highest BCUT2D eigenvalue weighted by Crippen LogP contribution is 2.44. The second-order valence-corrected chi connectivity index (χ2v) is 16.8. The fourth-order valence-electron chi connectivity index (χ4n) is 9.29. The summed E-state index contributed by atoms with van der Waals surface area (Å²) in [7, 11) is 0. The van der Waals surface area contributed by atoms with Crippen LogP contribution in [-0.4, -0.2) is 28.7 Å². The number of hydrogen-bond acceptors (Lipinski definition) is 6. The Bertz CT molecular complexity index is 4070. The molecular formula is C48H24N6S2. The van der Waals surface area contributed by atoms with E-state index >= 15 is 0 Å². The quantitative estimate of drug-likeness (QED) is 0.157. The molecule has 0 fully saturated rings. The van der Waals surface area contributed by atoms with Gasteiger partial charge in [0.05, 0.1) is 43.5 Å². The Morgan fingerprint density at radius 3 is 2.09 bits per heavy atom. The Kier molecular flexibility index (Phi) is 5.45. The first-order valence-corrected chi connectivity index (χ1v) is 20.2. The normalized spacial score (nSPS) is 12.6. The van der Waals surface area contributed by atoms with E-state index in [4.69, 9.17) is 15.0 Å². The fraction of sp³-hybridized carbons (Fsp3) is 0. The van der Waals surface area contributed by atoms with Crippen LogP contribution in [0.4, 0.5) is 0 Å². The van der Waals surface area contributed by atoms with E-state index < -0.39 is 0 Å². The number of aromatic nitrogens is 6. The first kappa shape index (κ1) is 29.4. The van der Waals surface area contributed by atoms with Gasteiger partial charge in [0.2, 0.25) is 0 Å². The fourth-order valence-corrected chi connectivity index (χ4v) is 11.7. The number of nitrogens with zero attached hydrogens (tertiary/aromatic N) is 6. The van der Waals surface area contributed by atoms with Crippen LogP contribution in [0.15, 0.2) is 146 Å². The van der Waals surface area contributed by atoms with E-state index in [9.17, 15) is 0 Å². The van der Waals surface area contributed by atoms with Crippen LogP contribution in [-0.2, 0) is 0 Å². The van der Waals surface area contributed by atoms with Gasteiger partial charge in [-0.25, -0.2) is 9.97 Å². The van der Waals surface area contributed by atoms with Crippen molar-refractivity contribution in [3.8, 4) is 11.3 Å². The number of imidazole rings is 2. The van der Waals surface area contributed by atoms with Crippen molar-refractivity contribution in [3.63, 3.8) is 0 Å². The molecule has 0 spiro atoms. The van der Waals surface area contributed by atoms with Crippen molar-refractivity contribution in [3.05, 3.63) is 146 Å². The number of para-hydroxylation sites is 2. The first-order valence-electron chi connectivity index (χ1n) is 18.6. The lowest BCUT2D eigenvalue weighted by Gasteiger charge is -2.12. The molecule has 0 aliphatic carbocycles. The zero-order valence-corrected chi connectivity index (χ0v) is 31.0. The van der Waals surface area contributed by atoms with Crippen LogP contribution in [0, 0.1) is 0 Å². The third-order valence-electron chi connectivity index (χ3n) is 11.8. The van der Waals surface area contributed by atoms with Gasteiger partial charge in [0.25, 0.3) is 0 Å². The van der Waals surface area contributed by atoms with Crippen LogP contribution < -0.4 is 0 Å². The summed E-state index contributed by atoms with van der Waals surface area (Å²) in [4.78, 5) is 20.2. The van der Waals surface area contributed by atoms with Crippen molar-refractivity contribution in [2.75, 3.05) is 0 Å². The molecule has 14 rings (SSSR count). The van der Waals surface area contributed by atoms with Crippen molar-refractivity contribution in [1.82, 2.24) is 28.7 Å². The minimum Gasteiger partial charge on any atom is -0.292 e. The van der Waals surface area contributed by atoms with E-state index in [0.717, 1.165) is 71.7 Å². The number of rotatable bonds is 1. The SMILES string of the molecule is c1ccc2c(c1)nc1c3cnc(-c4ccc5nc6c7cnccc7c7cc8sc9ccccc9c8cc7n6c5c4)cc3c3ccc4c5ccccc5sc4c3n21. The Morgan fingerprint density at radius 1 is 0.429 bits per heavy atom. The van der Waals surface area contributed by atoms with Crippen molar-refractivity contribution >= 4 is 140 Å². The van der Waals surface area contributed by atoms with Gasteiger partial charge in [-0.1, -0.05) is 66.7 Å². The molecule has 8 heteroatoms. The Balaban J connectivity index is 1.08. The van der Waals surface area contributed by atoms with Crippen molar-refractivity contribution < 1.29 is 0 Å². The minimum atomic E-state index is 0.908. The van der Waals surface area contributed by atoms with Crippen molar-refractivity contribution in [1.29, 1.82) is 0 Å². The van der Waals surface area contributed by atoms with E-state index in [1.54, 1.807) is 0 Å². The average Bonchev–Trinajstić information content (AvgIpc) is 4.03. The molecule has 0 saturated heterocycles. The van der Waals surface area contributed by atoms with E-state index in [2.05, 4.69) is 141 Å². The summed E-state index contributed by atoms with van der Waals surface area (Å²) in [5.74, 6) is 0. The maximum Gasteiger partial charge on any atom is 0.147 e. The molecule has 258 valence electrons. The summed E-state index contributed by atoms with van der Waals surface area (Å²) in [5.41, 5.74) is 10.2. The number of benzene rings is 6. The molecule has 0 amide bonds. The van der Waals surface area contributed by atoms with Gasteiger partial charge < -0.3 is 0 Å². The van der Waals surface area contributed by atoms with E-state index in [1.165, 1.54) is 56.6 Å². The topological polar surface area (TPSA) is 60.4 Å². The van der Waals surface area contributed by atoms with E-state index in [1.807, 2.05) is 41.3 Å². The largest absolute Gasteiger partial charge is 0.292 e. The highest BCUT2D eigenvalue weighted by molar-refractivity contribution is 7.26. The van der Waals surface area contributed by atoms with Crippen LogP contribution in [0.2, 0.25) is 0 Å². The first-order chi connectivity index (χ1) is 27.7. The van der Waals surface area contributed by atoms with Gasteiger partial charge in [-0.15, -0.1) is 22.7 Å².